The third-order valence-corrected chi connectivity index (χ3v) is 6.24. The largest absolute Gasteiger partial charge is 0.417 e. The molecule has 0 bridgehead atoms. The summed E-state index contributed by atoms with van der Waals surface area (Å²) in [6.07, 6.45) is -6.58. The van der Waals surface area contributed by atoms with Crippen molar-refractivity contribution in [1.82, 2.24) is 4.98 Å². The highest BCUT2D eigenvalue weighted by Crippen LogP contribution is 2.54. The molecule has 180 valence electrons. The van der Waals surface area contributed by atoms with Gasteiger partial charge in [0.05, 0.1) is 24.2 Å². The Hall–Kier alpha value is -2.63. The lowest BCUT2D eigenvalue weighted by Crippen LogP contribution is -2.47. The zero-order valence-electron chi connectivity index (χ0n) is 18.0. The molecule has 3 rings (SSSR count). The Kier molecular flexibility index (Phi) is 6.79. The number of amides is 1. The van der Waals surface area contributed by atoms with E-state index in [4.69, 9.17) is 9.84 Å². The highest BCUT2D eigenvalue weighted by atomic mass is 19.4. The van der Waals surface area contributed by atoms with E-state index in [-0.39, 0.29) is 22.5 Å². The topological polar surface area (TPSA) is 91.7 Å². The van der Waals surface area contributed by atoms with E-state index in [0.717, 1.165) is 25.3 Å². The van der Waals surface area contributed by atoms with Gasteiger partial charge in [0.25, 0.3) is 5.91 Å². The van der Waals surface area contributed by atoms with Gasteiger partial charge in [0.2, 0.25) is 0 Å². The Bertz CT molecular complexity index is 1030. The number of anilines is 1. The van der Waals surface area contributed by atoms with Crippen LogP contribution in [-0.4, -0.2) is 45.6 Å². The number of hydrogen-bond acceptors (Lipinski definition) is 5. The maximum Gasteiger partial charge on any atom is 0.417 e. The molecule has 3 N–H and O–H groups in total. The van der Waals surface area contributed by atoms with Crippen LogP contribution in [0.1, 0.15) is 42.7 Å². The van der Waals surface area contributed by atoms with Crippen molar-refractivity contribution in [3.63, 3.8) is 0 Å². The first-order valence-electron chi connectivity index (χ1n) is 10.1. The van der Waals surface area contributed by atoms with Gasteiger partial charge in [-0.15, -0.1) is 0 Å². The van der Waals surface area contributed by atoms with E-state index in [2.05, 4.69) is 10.3 Å². The molecule has 1 aliphatic heterocycles. The van der Waals surface area contributed by atoms with Crippen molar-refractivity contribution in [2.75, 3.05) is 11.9 Å². The highest BCUT2D eigenvalue weighted by Gasteiger charge is 2.65. The number of carbonyl (C=O) groups is 1. The summed E-state index contributed by atoms with van der Waals surface area (Å²) in [6.45, 7) is 2.73. The number of aliphatic hydroxyl groups excluding tert-OH is 2. The van der Waals surface area contributed by atoms with Gasteiger partial charge in [-0.1, -0.05) is 13.0 Å². The first-order chi connectivity index (χ1) is 15.3. The summed E-state index contributed by atoms with van der Waals surface area (Å²) in [5.41, 5.74) is -2.66. The van der Waals surface area contributed by atoms with Gasteiger partial charge in [-0.25, -0.2) is 8.78 Å². The predicted molar refractivity (Wildman–Crippen MR) is 107 cm³/mol. The summed E-state index contributed by atoms with van der Waals surface area (Å²) in [6, 6.07) is 4.63. The number of carbonyl (C=O) groups excluding carboxylic acids is 1. The molecule has 2 heterocycles. The molecule has 1 amide bonds. The summed E-state index contributed by atoms with van der Waals surface area (Å²) in [4.78, 5) is 16.9. The van der Waals surface area contributed by atoms with E-state index < -0.39 is 60.0 Å². The van der Waals surface area contributed by atoms with Crippen LogP contribution in [0.25, 0.3) is 0 Å². The predicted octanol–water partition coefficient (Wildman–Crippen LogP) is 3.77. The average Bonchev–Trinajstić information content (AvgIpc) is 3.04. The number of rotatable bonds is 5. The van der Waals surface area contributed by atoms with Gasteiger partial charge in [-0.05, 0) is 43.2 Å². The van der Waals surface area contributed by atoms with Gasteiger partial charge in [-0.3, -0.25) is 9.78 Å². The Balaban J connectivity index is 1.98. The number of ether oxygens (including phenoxy) is 1. The van der Waals surface area contributed by atoms with Crippen LogP contribution < -0.4 is 5.32 Å². The summed E-state index contributed by atoms with van der Waals surface area (Å²) in [5.74, 6) is -5.83. The van der Waals surface area contributed by atoms with Crippen molar-refractivity contribution < 1.29 is 41.7 Å². The second kappa shape index (κ2) is 8.96. The van der Waals surface area contributed by atoms with Crippen LogP contribution >= 0.6 is 0 Å². The summed E-state index contributed by atoms with van der Waals surface area (Å²) in [5, 5.41) is 21.0. The van der Waals surface area contributed by atoms with E-state index in [0.29, 0.717) is 0 Å². The molecule has 4 unspecified atom stereocenters. The molecule has 33 heavy (non-hydrogen) atoms. The monoisotopic (exact) mass is 474 g/mol. The SMILES string of the molecule is Cc1c(C2C(C(=O)Nc3ccc([C@@H](O)CO)nc3)OC(C)(C(F)(F)F)C2C)ccc(F)c1F. The van der Waals surface area contributed by atoms with E-state index in [1.165, 1.54) is 26.0 Å². The quantitative estimate of drug-likeness (QED) is 0.574. The molecule has 2 aromatic rings. The lowest BCUT2D eigenvalue weighted by Gasteiger charge is -2.32. The Morgan fingerprint density at radius 1 is 1.27 bits per heavy atom. The fourth-order valence-corrected chi connectivity index (χ4v) is 4.03. The van der Waals surface area contributed by atoms with Crippen LogP contribution in [0.2, 0.25) is 0 Å². The maximum atomic E-state index is 14.2. The van der Waals surface area contributed by atoms with Crippen LogP contribution in [0.3, 0.4) is 0 Å². The third-order valence-electron chi connectivity index (χ3n) is 6.24. The maximum absolute atomic E-state index is 14.2. The second-order valence-electron chi connectivity index (χ2n) is 8.19. The van der Waals surface area contributed by atoms with E-state index in [9.17, 15) is 31.9 Å². The van der Waals surface area contributed by atoms with Crippen molar-refractivity contribution in [3.05, 3.63) is 58.9 Å². The molecule has 1 saturated heterocycles. The minimum absolute atomic E-state index is 0.0362. The molecular weight excluding hydrogens is 451 g/mol. The van der Waals surface area contributed by atoms with Crippen molar-refractivity contribution in [2.24, 2.45) is 5.92 Å². The Morgan fingerprint density at radius 2 is 1.94 bits per heavy atom. The minimum Gasteiger partial charge on any atom is -0.393 e. The number of nitrogens with one attached hydrogen (secondary N) is 1. The lowest BCUT2D eigenvalue weighted by molar-refractivity contribution is -0.272. The number of aromatic nitrogens is 1. The number of aliphatic hydroxyl groups is 2. The van der Waals surface area contributed by atoms with E-state index in [1.807, 2.05) is 0 Å². The fraction of sp³-hybridized carbons (Fsp3) is 0.455. The number of hydrogen-bond donors (Lipinski definition) is 3. The van der Waals surface area contributed by atoms with Crippen LogP contribution in [0.5, 0.6) is 0 Å². The first-order valence-corrected chi connectivity index (χ1v) is 10.1. The Labute approximate surface area is 186 Å². The van der Waals surface area contributed by atoms with Gasteiger partial charge in [0, 0.05) is 11.8 Å². The lowest BCUT2D eigenvalue weighted by atomic mass is 9.76. The molecule has 1 fully saturated rings. The smallest absolute Gasteiger partial charge is 0.393 e. The van der Waals surface area contributed by atoms with Gasteiger partial charge in [-0.2, -0.15) is 13.2 Å². The zero-order chi connectivity index (χ0) is 24.7. The number of pyridine rings is 1. The molecule has 5 atom stereocenters. The van der Waals surface area contributed by atoms with Crippen LogP contribution in [0, 0.1) is 24.5 Å². The normalized spacial score (nSPS) is 26.3. The number of alkyl halides is 3. The second-order valence-corrected chi connectivity index (χ2v) is 8.19. The van der Waals surface area contributed by atoms with Crippen molar-refractivity contribution >= 4 is 11.6 Å². The van der Waals surface area contributed by atoms with Crippen molar-refractivity contribution in [3.8, 4) is 0 Å². The molecule has 0 spiro atoms. The van der Waals surface area contributed by atoms with Gasteiger partial charge in [0.15, 0.2) is 17.2 Å². The third kappa shape index (κ3) is 4.44. The summed E-state index contributed by atoms with van der Waals surface area (Å²) >= 11 is 0. The molecule has 1 aromatic heterocycles. The fourth-order valence-electron chi connectivity index (χ4n) is 4.03. The minimum atomic E-state index is -4.84. The Morgan fingerprint density at radius 3 is 2.48 bits per heavy atom. The average molecular weight is 474 g/mol. The number of halogens is 5. The van der Waals surface area contributed by atoms with Gasteiger partial charge in [0.1, 0.15) is 12.2 Å². The first kappa shape index (κ1) is 25.0. The van der Waals surface area contributed by atoms with Crippen molar-refractivity contribution in [1.29, 1.82) is 0 Å². The molecule has 11 heteroatoms. The molecular formula is C22H23F5N2O4. The zero-order valence-corrected chi connectivity index (χ0v) is 18.0. The molecule has 6 nitrogen and oxygen atoms in total. The van der Waals surface area contributed by atoms with E-state index in [1.54, 1.807) is 0 Å². The summed E-state index contributed by atoms with van der Waals surface area (Å²) in [7, 11) is 0. The molecule has 0 radical (unpaired) electrons. The van der Waals surface area contributed by atoms with Crippen LogP contribution in [0.4, 0.5) is 27.6 Å². The molecule has 0 aliphatic carbocycles. The molecule has 0 saturated carbocycles. The number of nitrogens with zero attached hydrogens (tertiary/aromatic N) is 1. The van der Waals surface area contributed by atoms with Gasteiger partial charge >= 0.3 is 6.18 Å². The number of benzene rings is 1. The molecule has 1 aliphatic rings. The van der Waals surface area contributed by atoms with Crippen molar-refractivity contribution in [2.45, 2.75) is 50.7 Å². The molecule has 1 aromatic carbocycles. The van der Waals surface area contributed by atoms with Crippen LogP contribution in [-0.2, 0) is 9.53 Å². The highest BCUT2D eigenvalue weighted by molar-refractivity contribution is 5.95. The van der Waals surface area contributed by atoms with E-state index >= 15 is 0 Å². The van der Waals surface area contributed by atoms with Crippen LogP contribution in [0.15, 0.2) is 30.5 Å². The van der Waals surface area contributed by atoms with Gasteiger partial charge < -0.3 is 20.3 Å². The summed E-state index contributed by atoms with van der Waals surface area (Å²) < 4.78 is 74.8. The standard InChI is InChI=1S/C22H23F5N2O4/c1-10-13(5-6-14(23)18(10)24)17-11(2)21(3,22(25,26)27)33-19(17)20(32)29-12-4-7-15(28-8-12)16(31)9-30/h4-8,11,16-17,19,30-31H,9H2,1-3H3,(H,29,32)/t11?,16-,17?,19?,21?/m0/s1.